The zero-order valence-corrected chi connectivity index (χ0v) is 22.2. The van der Waals surface area contributed by atoms with Crippen LogP contribution < -0.4 is 16.2 Å². The van der Waals surface area contributed by atoms with Gasteiger partial charge in [-0.15, -0.1) is 0 Å². The topological polar surface area (TPSA) is 123 Å². The van der Waals surface area contributed by atoms with Gasteiger partial charge in [-0.05, 0) is 69.0 Å². The number of cyclic esters (lactones) is 1. The van der Waals surface area contributed by atoms with Crippen molar-refractivity contribution in [2.24, 2.45) is 0 Å². The standard InChI is InChI=1S/C29H31FN4O5/c1-4-29(38)18-10-22-26-16(12-34(22)27(36)17(18)13-39-28(29)37)25-20(32-23(35)6-5-9-31-3)8-7-15-14(2)19(30)11-21(33-26)24(15)25/h10-11,20,31,38H,4-9,12-13H2,1-3H3,(H,32,35)/t20-,29-/m0/s1. The van der Waals surface area contributed by atoms with Crippen LogP contribution in [0.3, 0.4) is 0 Å². The van der Waals surface area contributed by atoms with Crippen molar-refractivity contribution in [3.05, 3.63) is 61.7 Å². The molecule has 2 aromatic heterocycles. The van der Waals surface area contributed by atoms with E-state index in [1.54, 1.807) is 24.5 Å². The molecule has 9 nitrogen and oxygen atoms in total. The molecule has 10 heteroatoms. The lowest BCUT2D eigenvalue weighted by atomic mass is 9.81. The van der Waals surface area contributed by atoms with Crippen molar-refractivity contribution in [3.8, 4) is 11.4 Å². The summed E-state index contributed by atoms with van der Waals surface area (Å²) in [5.41, 5.74) is 2.69. The zero-order valence-electron chi connectivity index (χ0n) is 22.2. The van der Waals surface area contributed by atoms with Gasteiger partial charge in [-0.2, -0.15) is 0 Å². The number of fused-ring (bicyclic) bond motifs is 5. The number of rotatable bonds is 6. The smallest absolute Gasteiger partial charge is 0.343 e. The maximum Gasteiger partial charge on any atom is 0.343 e. The Morgan fingerprint density at radius 2 is 2.08 bits per heavy atom. The molecule has 4 heterocycles. The van der Waals surface area contributed by atoms with Gasteiger partial charge in [0.15, 0.2) is 5.60 Å². The van der Waals surface area contributed by atoms with Crippen LogP contribution in [0.1, 0.15) is 72.0 Å². The number of hydrogen-bond donors (Lipinski definition) is 3. The molecular formula is C29H31FN4O5. The average Bonchev–Trinajstić information content (AvgIpc) is 3.29. The van der Waals surface area contributed by atoms with Gasteiger partial charge in [-0.3, -0.25) is 9.59 Å². The highest BCUT2D eigenvalue weighted by atomic mass is 19.1. The number of nitrogens with zero attached hydrogens (tertiary/aromatic N) is 2. The Hall–Kier alpha value is -3.63. The molecule has 204 valence electrons. The Bertz CT molecular complexity index is 1630. The molecule has 0 saturated heterocycles. The molecule has 1 aromatic carbocycles. The van der Waals surface area contributed by atoms with E-state index in [0.29, 0.717) is 48.2 Å². The normalized spacial score (nSPS) is 20.8. The van der Waals surface area contributed by atoms with Gasteiger partial charge in [0.2, 0.25) is 5.91 Å². The van der Waals surface area contributed by atoms with Crippen LogP contribution in [0.15, 0.2) is 16.9 Å². The van der Waals surface area contributed by atoms with E-state index < -0.39 is 11.6 Å². The van der Waals surface area contributed by atoms with E-state index in [9.17, 15) is 19.5 Å². The lowest BCUT2D eigenvalue weighted by Crippen LogP contribution is -2.44. The Kier molecular flexibility index (Phi) is 6.07. The minimum absolute atomic E-state index is 0.0422. The third-order valence-electron chi connectivity index (χ3n) is 8.54. The molecule has 0 fully saturated rings. The summed E-state index contributed by atoms with van der Waals surface area (Å²) in [6, 6.07) is 2.74. The molecule has 0 saturated carbocycles. The second-order valence-electron chi connectivity index (χ2n) is 10.7. The summed E-state index contributed by atoms with van der Waals surface area (Å²) in [4.78, 5) is 43.9. The summed E-state index contributed by atoms with van der Waals surface area (Å²) in [7, 11) is 1.84. The average molecular weight is 535 g/mol. The van der Waals surface area contributed by atoms with E-state index in [4.69, 9.17) is 9.72 Å². The number of halogens is 1. The second-order valence-corrected chi connectivity index (χ2v) is 10.7. The molecule has 1 amide bonds. The van der Waals surface area contributed by atoms with Gasteiger partial charge in [0.25, 0.3) is 5.56 Å². The molecule has 3 aliphatic rings. The predicted octanol–water partition coefficient (Wildman–Crippen LogP) is 2.63. The van der Waals surface area contributed by atoms with Crippen LogP contribution in [0, 0.1) is 12.7 Å². The van der Waals surface area contributed by atoms with Gasteiger partial charge >= 0.3 is 5.97 Å². The number of hydrogen-bond acceptors (Lipinski definition) is 7. The fourth-order valence-electron chi connectivity index (χ4n) is 6.39. The molecule has 1 aliphatic carbocycles. The first-order valence-electron chi connectivity index (χ1n) is 13.4. The van der Waals surface area contributed by atoms with E-state index >= 15 is 4.39 Å². The van der Waals surface area contributed by atoms with Crippen LogP contribution in [0.4, 0.5) is 4.39 Å². The fraction of sp³-hybridized carbons (Fsp3) is 0.448. The summed E-state index contributed by atoms with van der Waals surface area (Å²) in [5.74, 6) is -1.21. The van der Waals surface area contributed by atoms with Crippen LogP contribution >= 0.6 is 0 Å². The number of amides is 1. The van der Waals surface area contributed by atoms with Crippen molar-refractivity contribution in [1.82, 2.24) is 20.2 Å². The van der Waals surface area contributed by atoms with Gasteiger partial charge in [-0.25, -0.2) is 14.2 Å². The van der Waals surface area contributed by atoms with Gasteiger partial charge < -0.3 is 25.0 Å². The minimum atomic E-state index is -1.93. The number of aryl methyl sites for hydroxylation is 1. The number of pyridine rings is 2. The van der Waals surface area contributed by atoms with E-state index in [-0.39, 0.29) is 54.0 Å². The monoisotopic (exact) mass is 534 g/mol. The van der Waals surface area contributed by atoms with Crippen LogP contribution in [0.2, 0.25) is 0 Å². The number of carbonyl (C=O) groups is 2. The van der Waals surface area contributed by atoms with Crippen molar-refractivity contribution in [2.75, 3.05) is 13.6 Å². The number of aliphatic hydroxyl groups is 1. The van der Waals surface area contributed by atoms with E-state index in [1.807, 2.05) is 7.05 Å². The summed E-state index contributed by atoms with van der Waals surface area (Å²) < 4.78 is 21.8. The Labute approximate surface area is 224 Å². The predicted molar refractivity (Wildman–Crippen MR) is 142 cm³/mol. The number of esters is 1. The molecule has 0 unspecified atom stereocenters. The van der Waals surface area contributed by atoms with E-state index in [0.717, 1.165) is 28.6 Å². The summed E-state index contributed by atoms with van der Waals surface area (Å²) in [6.07, 6.45) is 2.31. The molecule has 0 bridgehead atoms. The highest BCUT2D eigenvalue weighted by molar-refractivity contribution is 5.94. The van der Waals surface area contributed by atoms with Gasteiger partial charge in [0.05, 0.1) is 35.1 Å². The lowest BCUT2D eigenvalue weighted by Gasteiger charge is -2.31. The Morgan fingerprint density at radius 1 is 1.28 bits per heavy atom. The van der Waals surface area contributed by atoms with Crippen molar-refractivity contribution in [3.63, 3.8) is 0 Å². The quantitative estimate of drug-likeness (QED) is 0.257. The fourth-order valence-corrected chi connectivity index (χ4v) is 6.39. The molecule has 2 aliphatic heterocycles. The zero-order chi connectivity index (χ0) is 27.6. The first-order valence-corrected chi connectivity index (χ1v) is 13.4. The van der Waals surface area contributed by atoms with Crippen molar-refractivity contribution in [1.29, 1.82) is 0 Å². The minimum Gasteiger partial charge on any atom is -0.458 e. The number of ether oxygens (including phenoxy) is 1. The number of nitrogens with one attached hydrogen (secondary N) is 2. The SMILES string of the molecule is CC[C@@]1(O)C(=O)OCc2c1cc1n(c2=O)Cc2c-1nc1cc(F)c(C)c3c1c2[C@@H](NC(=O)CCCNC)CC3. The molecule has 3 aromatic rings. The molecule has 39 heavy (non-hydrogen) atoms. The maximum atomic E-state index is 15.0. The second kappa shape index (κ2) is 9.24. The maximum absolute atomic E-state index is 15.0. The lowest BCUT2D eigenvalue weighted by molar-refractivity contribution is -0.172. The summed E-state index contributed by atoms with van der Waals surface area (Å²) in [5, 5.41) is 18.2. The molecular weight excluding hydrogens is 503 g/mol. The summed E-state index contributed by atoms with van der Waals surface area (Å²) in [6.45, 7) is 4.15. The van der Waals surface area contributed by atoms with E-state index in [2.05, 4.69) is 10.6 Å². The number of benzene rings is 1. The highest BCUT2D eigenvalue weighted by Gasteiger charge is 2.46. The first-order chi connectivity index (χ1) is 18.7. The molecule has 2 atom stereocenters. The van der Waals surface area contributed by atoms with Gasteiger partial charge in [0, 0.05) is 29.0 Å². The van der Waals surface area contributed by atoms with E-state index in [1.165, 1.54) is 6.07 Å². The third-order valence-corrected chi connectivity index (χ3v) is 8.54. The van der Waals surface area contributed by atoms with Gasteiger partial charge in [0.1, 0.15) is 12.4 Å². The van der Waals surface area contributed by atoms with Crippen molar-refractivity contribution >= 4 is 22.8 Å². The summed E-state index contributed by atoms with van der Waals surface area (Å²) >= 11 is 0. The molecule has 0 spiro atoms. The molecule has 6 rings (SSSR count). The van der Waals surface area contributed by atoms with Crippen LogP contribution in [-0.4, -0.2) is 40.1 Å². The van der Waals surface area contributed by atoms with Gasteiger partial charge in [-0.1, -0.05) is 6.92 Å². The highest BCUT2D eigenvalue weighted by Crippen LogP contribution is 2.45. The van der Waals surface area contributed by atoms with Crippen LogP contribution in [-0.2, 0) is 39.5 Å². The van der Waals surface area contributed by atoms with Crippen LogP contribution in [0.5, 0.6) is 0 Å². The molecule has 0 radical (unpaired) electrons. The van der Waals surface area contributed by atoms with Crippen LogP contribution in [0.25, 0.3) is 22.3 Å². The van der Waals surface area contributed by atoms with Crippen molar-refractivity contribution in [2.45, 2.75) is 70.7 Å². The first kappa shape index (κ1) is 25.6. The number of carbonyl (C=O) groups excluding carboxylic acids is 2. The number of aromatic nitrogens is 2. The molecule has 3 N–H and O–H groups in total. The largest absolute Gasteiger partial charge is 0.458 e. The van der Waals surface area contributed by atoms with Crippen molar-refractivity contribution < 1.29 is 23.8 Å². The Morgan fingerprint density at radius 3 is 2.82 bits per heavy atom. The third kappa shape index (κ3) is 3.72. The Balaban J connectivity index is 1.56.